The van der Waals surface area contributed by atoms with Gasteiger partial charge in [-0.25, -0.2) is 0 Å². The normalized spacial score (nSPS) is 13.9. The second kappa shape index (κ2) is 14.4. The fourth-order valence-electron chi connectivity index (χ4n) is 3.63. The number of carbonyl (C=O) groups is 2. The summed E-state index contributed by atoms with van der Waals surface area (Å²) in [7, 11) is 4.58. The fraction of sp³-hybridized carbons (Fsp3) is 0.440. The van der Waals surface area contributed by atoms with Crippen LogP contribution in [0.25, 0.3) is 0 Å². The van der Waals surface area contributed by atoms with Crippen LogP contribution in [0, 0.1) is 0 Å². The van der Waals surface area contributed by atoms with Crippen LogP contribution < -0.4 is 15.4 Å². The Labute approximate surface area is 208 Å². The lowest BCUT2D eigenvalue weighted by Crippen LogP contribution is -2.44. The van der Waals surface area contributed by atoms with E-state index in [0.717, 1.165) is 12.1 Å². The summed E-state index contributed by atoms with van der Waals surface area (Å²) in [6.45, 7) is 0.576. The summed E-state index contributed by atoms with van der Waals surface area (Å²) in [5, 5.41) is 5.56. The van der Waals surface area contributed by atoms with Crippen molar-refractivity contribution in [2.24, 2.45) is 0 Å². The van der Waals surface area contributed by atoms with E-state index in [1.54, 1.807) is 24.3 Å². The molecule has 0 heterocycles. The average molecular weight is 513 g/mol. The molecule has 0 aliphatic rings. The van der Waals surface area contributed by atoms with Crippen molar-refractivity contribution in [2.45, 2.75) is 37.5 Å². The summed E-state index contributed by atoms with van der Waals surface area (Å²) >= 11 is 0. The Morgan fingerprint density at radius 1 is 0.750 bits per heavy atom. The van der Waals surface area contributed by atoms with Crippen molar-refractivity contribution in [1.82, 2.24) is 10.6 Å². The Bertz CT molecular complexity index is 941. The first kappa shape index (κ1) is 29.1. The molecule has 11 heteroatoms. The molecule has 198 valence electrons. The maximum atomic E-state index is 12.4. The van der Waals surface area contributed by atoms with Gasteiger partial charge in [-0.2, -0.15) is 0 Å². The van der Waals surface area contributed by atoms with Gasteiger partial charge in [0.15, 0.2) is 0 Å². The summed E-state index contributed by atoms with van der Waals surface area (Å²) in [6, 6.07) is 13.5. The molecule has 2 amide bonds. The lowest BCUT2D eigenvalue weighted by atomic mass is 10.0. The van der Waals surface area contributed by atoms with Crippen molar-refractivity contribution < 1.29 is 41.7 Å². The van der Waals surface area contributed by atoms with E-state index in [4.69, 9.17) is 14.2 Å². The molecule has 0 saturated heterocycles. The molecular weight excluding hydrogens is 481 g/mol. The first-order valence-corrected chi connectivity index (χ1v) is 11.2. The first-order valence-electron chi connectivity index (χ1n) is 11.2. The van der Waals surface area contributed by atoms with Gasteiger partial charge in [0.25, 0.3) is 11.8 Å². The van der Waals surface area contributed by atoms with E-state index < -0.39 is 36.3 Å². The molecule has 8 nitrogen and oxygen atoms in total. The second-order valence-electron chi connectivity index (χ2n) is 7.78. The monoisotopic (exact) mass is 512 g/mol. The molecule has 0 aliphatic carbocycles. The third-order valence-electron chi connectivity index (χ3n) is 5.43. The van der Waals surface area contributed by atoms with E-state index in [-0.39, 0.29) is 18.0 Å². The van der Waals surface area contributed by atoms with Crippen LogP contribution in [0.5, 0.6) is 5.75 Å². The van der Waals surface area contributed by atoms with Gasteiger partial charge in [-0.05, 0) is 49.2 Å². The minimum Gasteiger partial charge on any atom is -0.406 e. The predicted octanol–water partition coefficient (Wildman–Crippen LogP) is 3.57. The molecule has 2 aromatic rings. The number of carbonyl (C=O) groups excluding carboxylic acids is 2. The molecule has 0 aliphatic heterocycles. The van der Waals surface area contributed by atoms with Gasteiger partial charge in [0.1, 0.15) is 11.9 Å². The molecule has 0 spiro atoms. The van der Waals surface area contributed by atoms with Crippen molar-refractivity contribution in [3.8, 4) is 5.75 Å². The average Bonchev–Trinajstić information content (AvgIpc) is 2.86. The maximum Gasteiger partial charge on any atom is 0.573 e. The van der Waals surface area contributed by atoms with Crippen molar-refractivity contribution in [2.75, 3.05) is 34.4 Å². The molecule has 0 fully saturated rings. The minimum atomic E-state index is -4.80. The Hall–Kier alpha value is -3.15. The second-order valence-corrected chi connectivity index (χ2v) is 7.78. The Balaban J connectivity index is 1.85. The number of alkyl halides is 3. The highest BCUT2D eigenvalue weighted by atomic mass is 19.4. The molecule has 36 heavy (non-hydrogen) atoms. The lowest BCUT2D eigenvalue weighted by molar-refractivity contribution is -0.274. The molecule has 0 radical (unpaired) electrons. The van der Waals surface area contributed by atoms with E-state index in [0.29, 0.717) is 24.9 Å². The van der Waals surface area contributed by atoms with E-state index in [1.807, 2.05) is 6.07 Å². The highest BCUT2D eigenvalue weighted by Crippen LogP contribution is 2.23. The zero-order valence-electron chi connectivity index (χ0n) is 20.3. The SMILES string of the molecule is COC(CCNC(=O)c1ccccc1)C(OC)C(CCNC(=O)c1ccc(OC(F)(F)F)cc1)OC. The summed E-state index contributed by atoms with van der Waals surface area (Å²) in [6.07, 6.45) is -5.27. The van der Waals surface area contributed by atoms with Crippen LogP contribution in [0.15, 0.2) is 54.6 Å². The van der Waals surface area contributed by atoms with E-state index in [1.165, 1.54) is 33.5 Å². The smallest absolute Gasteiger partial charge is 0.406 e. The number of nitrogens with one attached hydrogen (secondary N) is 2. The number of rotatable bonds is 14. The van der Waals surface area contributed by atoms with Crippen molar-refractivity contribution in [1.29, 1.82) is 0 Å². The molecule has 0 bridgehead atoms. The highest BCUT2D eigenvalue weighted by molar-refractivity contribution is 5.94. The van der Waals surface area contributed by atoms with Crippen molar-refractivity contribution in [3.63, 3.8) is 0 Å². The number of hydrogen-bond donors (Lipinski definition) is 2. The quantitative estimate of drug-likeness (QED) is 0.402. The number of halogens is 3. The first-order chi connectivity index (χ1) is 17.2. The van der Waals surface area contributed by atoms with E-state index in [9.17, 15) is 22.8 Å². The molecule has 0 aromatic heterocycles. The van der Waals surface area contributed by atoms with Gasteiger partial charge < -0.3 is 29.6 Å². The van der Waals surface area contributed by atoms with Gasteiger partial charge in [-0.1, -0.05) is 18.2 Å². The Morgan fingerprint density at radius 3 is 1.64 bits per heavy atom. The number of hydrogen-bond acceptors (Lipinski definition) is 6. The van der Waals surface area contributed by atoms with E-state index >= 15 is 0 Å². The molecule has 0 saturated carbocycles. The molecular formula is C25H31F3N2O6. The van der Waals surface area contributed by atoms with Crippen molar-refractivity contribution in [3.05, 3.63) is 65.7 Å². The van der Waals surface area contributed by atoms with Gasteiger partial charge in [-0.15, -0.1) is 13.2 Å². The molecule has 2 aromatic carbocycles. The van der Waals surface area contributed by atoms with Crippen LogP contribution in [0.4, 0.5) is 13.2 Å². The summed E-state index contributed by atoms with van der Waals surface area (Å²) in [5.41, 5.74) is 0.744. The Morgan fingerprint density at radius 2 is 1.22 bits per heavy atom. The van der Waals surface area contributed by atoms with Gasteiger partial charge in [0, 0.05) is 45.5 Å². The number of benzene rings is 2. The topological polar surface area (TPSA) is 95.1 Å². The largest absolute Gasteiger partial charge is 0.573 e. The highest BCUT2D eigenvalue weighted by Gasteiger charge is 2.31. The van der Waals surface area contributed by atoms with Crippen LogP contribution in [0.1, 0.15) is 33.6 Å². The van der Waals surface area contributed by atoms with Gasteiger partial charge in [0.05, 0.1) is 12.2 Å². The number of amides is 2. The summed E-state index contributed by atoms with van der Waals surface area (Å²) in [5.74, 6) is -1.06. The molecule has 2 N–H and O–H groups in total. The molecule has 3 atom stereocenters. The third kappa shape index (κ3) is 9.48. The fourth-order valence-corrected chi connectivity index (χ4v) is 3.63. The van der Waals surface area contributed by atoms with Gasteiger partial charge in [-0.3, -0.25) is 9.59 Å². The van der Waals surface area contributed by atoms with Crippen LogP contribution >= 0.6 is 0 Å². The van der Waals surface area contributed by atoms with Crippen LogP contribution in [-0.4, -0.2) is 70.9 Å². The maximum absolute atomic E-state index is 12.4. The number of methoxy groups -OCH3 is 3. The zero-order chi connectivity index (χ0) is 26.6. The molecule has 2 rings (SSSR count). The predicted molar refractivity (Wildman–Crippen MR) is 126 cm³/mol. The van der Waals surface area contributed by atoms with Gasteiger partial charge in [0.2, 0.25) is 0 Å². The van der Waals surface area contributed by atoms with E-state index in [2.05, 4.69) is 15.4 Å². The van der Waals surface area contributed by atoms with Crippen LogP contribution in [-0.2, 0) is 14.2 Å². The molecule has 3 unspecified atom stereocenters. The summed E-state index contributed by atoms with van der Waals surface area (Å²) < 4.78 is 57.4. The number of ether oxygens (including phenoxy) is 4. The van der Waals surface area contributed by atoms with Gasteiger partial charge >= 0.3 is 6.36 Å². The minimum absolute atomic E-state index is 0.186. The lowest BCUT2D eigenvalue weighted by Gasteiger charge is -2.31. The van der Waals surface area contributed by atoms with Crippen LogP contribution in [0.3, 0.4) is 0 Å². The standard InChI is InChI=1S/C25H31F3N2O6/c1-33-20(13-15-29-23(31)17-7-5-4-6-8-17)22(35-3)21(34-2)14-16-30-24(32)18-9-11-19(12-10-18)36-25(26,27)28/h4-12,20-22H,13-16H2,1-3H3,(H,29,31)(H,30,32). The Kier molecular flexibility index (Phi) is 11.6. The summed E-state index contributed by atoms with van der Waals surface area (Å²) in [4.78, 5) is 24.6. The third-order valence-corrected chi connectivity index (χ3v) is 5.43. The van der Waals surface area contributed by atoms with Crippen LogP contribution in [0.2, 0.25) is 0 Å². The zero-order valence-corrected chi connectivity index (χ0v) is 20.3. The van der Waals surface area contributed by atoms with Crippen molar-refractivity contribution >= 4 is 11.8 Å².